The van der Waals surface area contributed by atoms with Crippen LogP contribution < -0.4 is 15.4 Å². The van der Waals surface area contributed by atoms with Crippen molar-refractivity contribution in [3.63, 3.8) is 0 Å². The minimum Gasteiger partial charge on any atom is -0.497 e. The van der Waals surface area contributed by atoms with E-state index >= 15 is 0 Å². The topological polar surface area (TPSA) is 80.6 Å². The van der Waals surface area contributed by atoms with Gasteiger partial charge in [-0.15, -0.1) is 0 Å². The Bertz CT molecular complexity index is 1080. The summed E-state index contributed by atoms with van der Waals surface area (Å²) in [4.78, 5) is 25.8. The molecule has 0 bridgehead atoms. The van der Waals surface area contributed by atoms with Crippen molar-refractivity contribution in [3.8, 4) is 5.75 Å². The molecule has 6 heteroatoms. The molecule has 1 heterocycles. The standard InChI is InChI=1S/C25H26N2O4/c1-16-7-12-22(17(2)14-16)18(3)26-25(29)23(15-21-6-5-13-31-21)27-24(28)19-8-10-20(30-4)11-9-19/h5-15,18H,1-4H3,(H,26,29)(H,27,28)/b23-15-/t18-/m0/s1. The molecule has 2 amide bonds. The van der Waals surface area contributed by atoms with Crippen molar-refractivity contribution < 1.29 is 18.7 Å². The number of rotatable bonds is 7. The second-order valence-electron chi connectivity index (χ2n) is 7.31. The van der Waals surface area contributed by atoms with Gasteiger partial charge in [-0.05, 0) is 68.3 Å². The summed E-state index contributed by atoms with van der Waals surface area (Å²) in [5.74, 6) is 0.280. The average Bonchev–Trinajstić information content (AvgIpc) is 3.26. The number of nitrogens with one attached hydrogen (secondary N) is 2. The van der Waals surface area contributed by atoms with E-state index in [1.54, 1.807) is 43.5 Å². The summed E-state index contributed by atoms with van der Waals surface area (Å²) in [6.07, 6.45) is 3.01. The molecule has 0 spiro atoms. The number of hydrogen-bond acceptors (Lipinski definition) is 4. The maximum absolute atomic E-state index is 13.0. The molecule has 0 aliphatic heterocycles. The fraction of sp³-hybridized carbons (Fsp3) is 0.200. The minimum absolute atomic E-state index is 0.0902. The fourth-order valence-corrected chi connectivity index (χ4v) is 3.27. The molecule has 2 aromatic carbocycles. The Labute approximate surface area is 181 Å². The van der Waals surface area contributed by atoms with Gasteiger partial charge in [0.05, 0.1) is 19.4 Å². The molecule has 0 aliphatic carbocycles. The van der Waals surface area contributed by atoms with Crippen LogP contribution in [0.25, 0.3) is 6.08 Å². The van der Waals surface area contributed by atoms with Gasteiger partial charge in [0, 0.05) is 11.6 Å². The summed E-state index contributed by atoms with van der Waals surface area (Å²) in [7, 11) is 1.56. The van der Waals surface area contributed by atoms with Crippen molar-refractivity contribution in [2.75, 3.05) is 7.11 Å². The third kappa shape index (κ3) is 5.63. The van der Waals surface area contributed by atoms with Crippen molar-refractivity contribution in [2.45, 2.75) is 26.8 Å². The fourth-order valence-electron chi connectivity index (χ4n) is 3.27. The highest BCUT2D eigenvalue weighted by Gasteiger charge is 2.19. The Morgan fingerprint density at radius 3 is 2.42 bits per heavy atom. The van der Waals surface area contributed by atoms with Gasteiger partial charge in [0.1, 0.15) is 17.2 Å². The summed E-state index contributed by atoms with van der Waals surface area (Å²) in [5, 5.41) is 5.66. The molecule has 0 radical (unpaired) electrons. The van der Waals surface area contributed by atoms with E-state index in [-0.39, 0.29) is 11.7 Å². The van der Waals surface area contributed by atoms with E-state index < -0.39 is 11.8 Å². The lowest BCUT2D eigenvalue weighted by Gasteiger charge is -2.18. The van der Waals surface area contributed by atoms with E-state index in [4.69, 9.17) is 9.15 Å². The van der Waals surface area contributed by atoms with Gasteiger partial charge in [0.25, 0.3) is 11.8 Å². The molecule has 0 unspecified atom stereocenters. The number of carbonyl (C=O) groups is 2. The van der Waals surface area contributed by atoms with E-state index in [1.807, 2.05) is 32.9 Å². The number of ether oxygens (including phenoxy) is 1. The molecule has 1 aromatic heterocycles. The van der Waals surface area contributed by atoms with Gasteiger partial charge >= 0.3 is 0 Å². The Kier molecular flexibility index (Phi) is 6.92. The number of hydrogen-bond donors (Lipinski definition) is 2. The largest absolute Gasteiger partial charge is 0.497 e. The molecule has 31 heavy (non-hydrogen) atoms. The molecule has 3 aromatic rings. The Balaban J connectivity index is 1.81. The van der Waals surface area contributed by atoms with Crippen LogP contribution in [0.3, 0.4) is 0 Å². The second kappa shape index (κ2) is 9.80. The van der Waals surface area contributed by atoms with Gasteiger partial charge in [-0.3, -0.25) is 9.59 Å². The van der Waals surface area contributed by atoms with Crippen molar-refractivity contribution in [2.24, 2.45) is 0 Å². The Morgan fingerprint density at radius 1 is 1.06 bits per heavy atom. The second-order valence-corrected chi connectivity index (χ2v) is 7.31. The van der Waals surface area contributed by atoms with E-state index in [2.05, 4.69) is 16.7 Å². The predicted molar refractivity (Wildman–Crippen MR) is 120 cm³/mol. The van der Waals surface area contributed by atoms with Crippen LogP contribution in [0.15, 0.2) is 71.0 Å². The molecule has 160 valence electrons. The molecular formula is C25H26N2O4. The van der Waals surface area contributed by atoms with Gasteiger partial charge < -0.3 is 19.8 Å². The first kappa shape index (κ1) is 21.9. The highest BCUT2D eigenvalue weighted by molar-refractivity contribution is 6.05. The number of amides is 2. The highest BCUT2D eigenvalue weighted by Crippen LogP contribution is 2.19. The number of benzene rings is 2. The molecule has 0 saturated carbocycles. The Hall–Kier alpha value is -3.80. The smallest absolute Gasteiger partial charge is 0.268 e. The van der Waals surface area contributed by atoms with Crippen LogP contribution in [-0.4, -0.2) is 18.9 Å². The lowest BCUT2D eigenvalue weighted by Crippen LogP contribution is -2.36. The average molecular weight is 418 g/mol. The molecule has 1 atom stereocenters. The maximum Gasteiger partial charge on any atom is 0.268 e. The van der Waals surface area contributed by atoms with Crippen LogP contribution in [0, 0.1) is 13.8 Å². The van der Waals surface area contributed by atoms with Crippen molar-refractivity contribution in [1.29, 1.82) is 0 Å². The van der Waals surface area contributed by atoms with E-state index in [1.165, 1.54) is 12.3 Å². The number of furan rings is 1. The third-order valence-electron chi connectivity index (χ3n) is 4.91. The first-order chi connectivity index (χ1) is 14.9. The predicted octanol–water partition coefficient (Wildman–Crippen LogP) is 4.55. The maximum atomic E-state index is 13.0. The van der Waals surface area contributed by atoms with E-state index in [9.17, 15) is 9.59 Å². The zero-order valence-electron chi connectivity index (χ0n) is 18.1. The first-order valence-electron chi connectivity index (χ1n) is 9.96. The SMILES string of the molecule is COc1ccc(C(=O)N/C(=C\c2ccco2)C(=O)N[C@@H](C)c2ccc(C)cc2C)cc1. The molecule has 0 aliphatic rings. The lowest BCUT2D eigenvalue weighted by molar-refractivity contribution is -0.118. The zero-order valence-corrected chi connectivity index (χ0v) is 18.1. The summed E-state index contributed by atoms with van der Waals surface area (Å²) in [6.45, 7) is 5.94. The zero-order chi connectivity index (χ0) is 22.4. The highest BCUT2D eigenvalue weighted by atomic mass is 16.5. The van der Waals surface area contributed by atoms with Crippen LogP contribution in [0.4, 0.5) is 0 Å². The van der Waals surface area contributed by atoms with Crippen LogP contribution >= 0.6 is 0 Å². The van der Waals surface area contributed by atoms with Gasteiger partial charge in [-0.1, -0.05) is 23.8 Å². The quantitative estimate of drug-likeness (QED) is 0.552. The normalized spacial score (nSPS) is 12.2. The van der Waals surface area contributed by atoms with Gasteiger partial charge in [0.15, 0.2) is 0 Å². The molecule has 3 rings (SSSR count). The molecule has 0 saturated heterocycles. The molecule has 2 N–H and O–H groups in total. The molecule has 0 fully saturated rings. The van der Waals surface area contributed by atoms with Crippen LogP contribution in [-0.2, 0) is 4.79 Å². The monoisotopic (exact) mass is 418 g/mol. The first-order valence-corrected chi connectivity index (χ1v) is 9.96. The van der Waals surface area contributed by atoms with Gasteiger partial charge in [-0.25, -0.2) is 0 Å². The number of aryl methyl sites for hydroxylation is 2. The summed E-state index contributed by atoms with van der Waals surface area (Å²) in [5.41, 5.74) is 3.75. The summed E-state index contributed by atoms with van der Waals surface area (Å²) >= 11 is 0. The lowest BCUT2D eigenvalue weighted by atomic mass is 10.00. The summed E-state index contributed by atoms with van der Waals surface area (Å²) < 4.78 is 10.5. The molecular weight excluding hydrogens is 392 g/mol. The van der Waals surface area contributed by atoms with Crippen LogP contribution in [0.2, 0.25) is 0 Å². The van der Waals surface area contributed by atoms with Crippen LogP contribution in [0.1, 0.15) is 45.8 Å². The third-order valence-corrected chi connectivity index (χ3v) is 4.91. The number of methoxy groups -OCH3 is 1. The van der Waals surface area contributed by atoms with Crippen molar-refractivity contribution >= 4 is 17.9 Å². The van der Waals surface area contributed by atoms with E-state index in [0.29, 0.717) is 17.1 Å². The van der Waals surface area contributed by atoms with Gasteiger partial charge in [0.2, 0.25) is 0 Å². The van der Waals surface area contributed by atoms with Crippen LogP contribution in [0.5, 0.6) is 5.75 Å². The Morgan fingerprint density at radius 2 is 1.81 bits per heavy atom. The van der Waals surface area contributed by atoms with E-state index in [0.717, 1.165) is 16.7 Å². The molecule has 6 nitrogen and oxygen atoms in total. The summed E-state index contributed by atoms with van der Waals surface area (Å²) in [6, 6.07) is 15.9. The minimum atomic E-state index is -0.411. The van der Waals surface area contributed by atoms with Crippen molar-refractivity contribution in [3.05, 3.63) is 94.6 Å². The van der Waals surface area contributed by atoms with Crippen molar-refractivity contribution in [1.82, 2.24) is 10.6 Å². The number of carbonyl (C=O) groups excluding carboxylic acids is 2. The van der Waals surface area contributed by atoms with Gasteiger partial charge in [-0.2, -0.15) is 0 Å².